The number of morpholine rings is 1. The van der Waals surface area contributed by atoms with Crippen LogP contribution in [0.5, 0.6) is 0 Å². The highest BCUT2D eigenvalue weighted by Crippen LogP contribution is 2.52. The van der Waals surface area contributed by atoms with E-state index >= 15 is 8.78 Å². The summed E-state index contributed by atoms with van der Waals surface area (Å²) in [6, 6.07) is 8.88. The number of amides is 1. The number of aromatic nitrogens is 2. The molecule has 0 saturated carbocycles. The molecular formula is C33H40Cl2F2N6O2. The Kier molecular flexibility index (Phi) is 11.5. The largest absolute Gasteiger partial charge is 0.378 e. The van der Waals surface area contributed by atoms with E-state index in [0.717, 1.165) is 6.07 Å². The van der Waals surface area contributed by atoms with E-state index in [2.05, 4.69) is 26.7 Å². The molecule has 2 aliphatic rings. The lowest BCUT2D eigenvalue weighted by Gasteiger charge is -2.37. The van der Waals surface area contributed by atoms with E-state index < -0.39 is 41.0 Å². The Morgan fingerprint density at radius 3 is 2.42 bits per heavy atom. The maximum Gasteiger partial charge on any atom is 0.242 e. The van der Waals surface area contributed by atoms with Crippen LogP contribution in [0.15, 0.2) is 48.8 Å². The van der Waals surface area contributed by atoms with E-state index in [1.807, 2.05) is 25.7 Å². The lowest BCUT2D eigenvalue weighted by atomic mass is 9.62. The number of benzene rings is 2. The maximum absolute atomic E-state index is 15.8. The highest BCUT2D eigenvalue weighted by atomic mass is 35.5. The van der Waals surface area contributed by atoms with Crippen molar-refractivity contribution in [2.24, 2.45) is 5.41 Å². The third kappa shape index (κ3) is 7.23. The molecule has 2 aliphatic heterocycles. The van der Waals surface area contributed by atoms with Gasteiger partial charge in [0, 0.05) is 35.6 Å². The molecule has 12 heteroatoms. The van der Waals surface area contributed by atoms with Crippen LogP contribution in [0.4, 0.5) is 20.4 Å². The van der Waals surface area contributed by atoms with Gasteiger partial charge in [-0.15, -0.1) is 0 Å². The number of anilines is 2. The van der Waals surface area contributed by atoms with Gasteiger partial charge in [0.2, 0.25) is 11.9 Å². The molecule has 2 fully saturated rings. The monoisotopic (exact) mass is 660 g/mol. The topological polar surface area (TPSA) is 103 Å². The van der Waals surface area contributed by atoms with Crippen LogP contribution in [-0.4, -0.2) is 54.3 Å². The summed E-state index contributed by atoms with van der Waals surface area (Å²) in [7, 11) is 0. The number of hydrogen-bond acceptors (Lipinski definition) is 7. The van der Waals surface area contributed by atoms with Crippen molar-refractivity contribution in [1.29, 1.82) is 5.26 Å². The summed E-state index contributed by atoms with van der Waals surface area (Å²) in [6.45, 7) is 8.37. The SMILES string of the molecule is C.C.CC(C)(C)C[C@@H]1N[C@@H](C(=O)Nc2cnc(N3CCOCC3)nc2)[C@H](c2cccc(Cl)c2F)[C@@]1(C#N)c1ccc(Cl)cc1F. The van der Waals surface area contributed by atoms with Gasteiger partial charge in [-0.1, -0.05) is 77.0 Å². The van der Waals surface area contributed by atoms with Crippen LogP contribution in [-0.2, 0) is 14.9 Å². The number of carbonyl (C=O) groups is 1. The Hall–Kier alpha value is -3.36. The van der Waals surface area contributed by atoms with Gasteiger partial charge in [0.05, 0.1) is 48.4 Å². The molecule has 45 heavy (non-hydrogen) atoms. The van der Waals surface area contributed by atoms with Gasteiger partial charge in [0.15, 0.2) is 0 Å². The summed E-state index contributed by atoms with van der Waals surface area (Å²) in [5, 5.41) is 17.0. The summed E-state index contributed by atoms with van der Waals surface area (Å²) < 4.78 is 37.0. The second-order valence-electron chi connectivity index (χ2n) is 12.0. The first-order valence-corrected chi connectivity index (χ1v) is 14.7. The molecule has 0 spiro atoms. The maximum atomic E-state index is 15.8. The molecule has 2 aromatic carbocycles. The van der Waals surface area contributed by atoms with E-state index in [9.17, 15) is 10.1 Å². The molecule has 3 aromatic rings. The molecule has 3 heterocycles. The van der Waals surface area contributed by atoms with Crippen LogP contribution in [0.3, 0.4) is 0 Å². The zero-order chi connectivity index (χ0) is 30.9. The number of rotatable bonds is 6. The van der Waals surface area contributed by atoms with Crippen molar-refractivity contribution in [3.63, 3.8) is 0 Å². The smallest absolute Gasteiger partial charge is 0.242 e. The summed E-state index contributed by atoms with van der Waals surface area (Å²) >= 11 is 12.3. The summed E-state index contributed by atoms with van der Waals surface area (Å²) in [6.07, 6.45) is 3.34. The summed E-state index contributed by atoms with van der Waals surface area (Å²) in [5.41, 5.74) is -1.72. The van der Waals surface area contributed by atoms with E-state index in [-0.39, 0.29) is 41.4 Å². The van der Waals surface area contributed by atoms with Crippen LogP contribution in [0.1, 0.15) is 59.1 Å². The van der Waals surface area contributed by atoms with E-state index in [0.29, 0.717) is 44.4 Å². The number of nitrogens with zero attached hydrogens (tertiary/aromatic N) is 4. The summed E-state index contributed by atoms with van der Waals surface area (Å²) in [5.74, 6) is -2.73. The van der Waals surface area contributed by atoms with Crippen LogP contribution >= 0.6 is 23.2 Å². The lowest BCUT2D eigenvalue weighted by Crippen LogP contribution is -2.45. The molecule has 4 atom stereocenters. The van der Waals surface area contributed by atoms with Crippen molar-refractivity contribution in [1.82, 2.24) is 15.3 Å². The van der Waals surface area contributed by atoms with Gasteiger partial charge in [0.1, 0.15) is 17.0 Å². The second-order valence-corrected chi connectivity index (χ2v) is 12.9. The Morgan fingerprint density at radius 1 is 1.16 bits per heavy atom. The van der Waals surface area contributed by atoms with E-state index in [1.54, 1.807) is 6.07 Å². The Balaban J connectivity index is 0.00000276. The van der Waals surface area contributed by atoms with Gasteiger partial charge in [-0.2, -0.15) is 5.26 Å². The first-order chi connectivity index (χ1) is 20.4. The standard InChI is InChI=1S/C31H32Cl2F2N6O2.2CH4/c1-30(2,3)14-24-31(17-36,21-8-7-18(32)13-23(21)34)25(20-5-4-6-22(33)26(20)35)27(40-24)28(42)39-19-15-37-29(38-16-19)41-9-11-43-12-10-41;;/h4-8,13,15-16,24-25,27,40H,9-12,14H2,1-3H3,(H,39,42);2*1H4/t24-,25-,27+,31-;;/m0../s1. The third-order valence-corrected chi connectivity index (χ3v) is 8.46. The van der Waals surface area contributed by atoms with Gasteiger partial charge in [-0.25, -0.2) is 18.7 Å². The predicted octanol–water partition coefficient (Wildman–Crippen LogP) is 7.13. The minimum absolute atomic E-state index is 0. The molecule has 8 nitrogen and oxygen atoms in total. The number of ether oxygens (including phenoxy) is 1. The van der Waals surface area contributed by atoms with Crippen LogP contribution < -0.4 is 15.5 Å². The fraction of sp³-hybridized carbons (Fsp3) is 0.455. The zero-order valence-corrected chi connectivity index (χ0v) is 25.5. The van der Waals surface area contributed by atoms with Crippen LogP contribution in [0.2, 0.25) is 10.0 Å². The summed E-state index contributed by atoms with van der Waals surface area (Å²) in [4.78, 5) is 24.8. The number of nitrogens with one attached hydrogen (secondary N) is 2. The molecule has 0 unspecified atom stereocenters. The van der Waals surface area contributed by atoms with E-state index in [1.165, 1.54) is 36.7 Å². The van der Waals surface area contributed by atoms with Crippen molar-refractivity contribution < 1.29 is 18.3 Å². The lowest BCUT2D eigenvalue weighted by molar-refractivity contribution is -0.118. The molecule has 0 bridgehead atoms. The third-order valence-electron chi connectivity index (χ3n) is 7.93. The minimum atomic E-state index is -1.72. The van der Waals surface area contributed by atoms with Gasteiger partial charge < -0.3 is 20.3 Å². The molecule has 2 saturated heterocycles. The van der Waals surface area contributed by atoms with Crippen molar-refractivity contribution in [2.75, 3.05) is 36.5 Å². The Labute approximate surface area is 274 Å². The second kappa shape index (κ2) is 14.4. The van der Waals surface area contributed by atoms with E-state index in [4.69, 9.17) is 27.9 Å². The number of halogens is 4. The average Bonchev–Trinajstić information content (AvgIpc) is 3.28. The molecule has 5 rings (SSSR count). The molecule has 0 aliphatic carbocycles. The van der Waals surface area contributed by atoms with Crippen molar-refractivity contribution in [3.8, 4) is 6.07 Å². The van der Waals surface area contributed by atoms with Crippen molar-refractivity contribution in [2.45, 2.75) is 65.5 Å². The molecule has 1 aromatic heterocycles. The van der Waals surface area contributed by atoms with Crippen LogP contribution in [0.25, 0.3) is 0 Å². The Bertz CT molecular complexity index is 1540. The van der Waals surface area contributed by atoms with Gasteiger partial charge in [-0.3, -0.25) is 4.79 Å². The van der Waals surface area contributed by atoms with Gasteiger partial charge in [0.25, 0.3) is 0 Å². The van der Waals surface area contributed by atoms with Gasteiger partial charge in [-0.05, 0) is 35.6 Å². The fourth-order valence-corrected chi connectivity index (χ4v) is 6.43. The number of nitriles is 1. The predicted molar refractivity (Wildman–Crippen MR) is 175 cm³/mol. The molecule has 2 N–H and O–H groups in total. The average molecular weight is 662 g/mol. The molecule has 1 amide bonds. The molecule has 0 radical (unpaired) electrons. The highest BCUT2D eigenvalue weighted by Gasteiger charge is 2.61. The van der Waals surface area contributed by atoms with Gasteiger partial charge >= 0.3 is 0 Å². The molecular weight excluding hydrogens is 621 g/mol. The highest BCUT2D eigenvalue weighted by molar-refractivity contribution is 6.31. The quantitative estimate of drug-likeness (QED) is 0.290. The van der Waals surface area contributed by atoms with Crippen molar-refractivity contribution in [3.05, 3.63) is 81.6 Å². The van der Waals surface area contributed by atoms with Crippen molar-refractivity contribution >= 4 is 40.7 Å². The number of carbonyl (C=O) groups excluding carboxylic acids is 1. The normalized spacial score (nSPS) is 23.0. The molecule has 242 valence electrons. The zero-order valence-electron chi connectivity index (χ0n) is 24.0. The first kappa shape index (κ1) is 36.1. The minimum Gasteiger partial charge on any atom is -0.378 e. The first-order valence-electron chi connectivity index (χ1n) is 14.0. The van der Waals surface area contributed by atoms with Crippen LogP contribution in [0, 0.1) is 28.4 Å². The fourth-order valence-electron chi connectivity index (χ4n) is 6.09. The Morgan fingerprint density at radius 2 is 1.82 bits per heavy atom. The number of hydrogen-bond donors (Lipinski definition) is 2.